The second kappa shape index (κ2) is 3.86. The highest BCUT2D eigenvalue weighted by atomic mass is 19.4. The van der Waals surface area contributed by atoms with E-state index in [0.717, 1.165) is 6.42 Å². The minimum atomic E-state index is -4.11. The van der Waals surface area contributed by atoms with Gasteiger partial charge in [-0.1, -0.05) is 13.3 Å². The van der Waals surface area contributed by atoms with Crippen LogP contribution in [0.3, 0.4) is 0 Å². The smallest absolute Gasteiger partial charge is 0.327 e. The lowest BCUT2D eigenvalue weighted by atomic mass is 9.95. The van der Waals surface area contributed by atoms with E-state index in [2.05, 4.69) is 0 Å². The first-order chi connectivity index (χ1) is 5.91. The van der Waals surface area contributed by atoms with Crippen LogP contribution in [0.1, 0.15) is 32.6 Å². The van der Waals surface area contributed by atoms with Gasteiger partial charge in [-0.05, 0) is 25.2 Å². The lowest BCUT2D eigenvalue weighted by molar-refractivity contribution is -0.181. The number of hydrogen-bond acceptors (Lipinski definition) is 1. The second-order valence-electron chi connectivity index (χ2n) is 4.07. The molecule has 0 spiro atoms. The van der Waals surface area contributed by atoms with Crippen LogP contribution in [0, 0.1) is 11.8 Å². The van der Waals surface area contributed by atoms with Crippen LogP contribution >= 0.6 is 0 Å². The van der Waals surface area contributed by atoms with Gasteiger partial charge >= 0.3 is 6.18 Å². The van der Waals surface area contributed by atoms with Crippen LogP contribution in [-0.2, 0) is 0 Å². The highest BCUT2D eigenvalue weighted by Gasteiger charge is 2.43. The molecule has 0 aromatic carbocycles. The molecule has 0 bridgehead atoms. The minimum Gasteiger partial charge on any atom is -0.327 e. The predicted molar refractivity (Wildman–Crippen MR) is 45.2 cm³/mol. The summed E-state index contributed by atoms with van der Waals surface area (Å²) in [7, 11) is 0. The Balaban J connectivity index is 2.62. The minimum absolute atomic E-state index is 0.200. The third kappa shape index (κ3) is 2.86. The quantitative estimate of drug-likeness (QED) is 0.591. The molecule has 2 N–H and O–H groups in total. The van der Waals surface area contributed by atoms with Gasteiger partial charge < -0.3 is 5.73 Å². The fourth-order valence-electron chi connectivity index (χ4n) is 1.91. The standard InChI is InChI=1S/C9H16F3N/c1-6-2-4-7(9(10,11)12)8(13)5-3-6/h6-8H,2-5,13H2,1H3. The molecule has 0 saturated heterocycles. The van der Waals surface area contributed by atoms with Crippen molar-refractivity contribution in [2.45, 2.75) is 44.8 Å². The van der Waals surface area contributed by atoms with E-state index in [4.69, 9.17) is 5.73 Å². The fraction of sp³-hybridized carbons (Fsp3) is 1.00. The summed E-state index contributed by atoms with van der Waals surface area (Å²) >= 11 is 0. The van der Waals surface area contributed by atoms with E-state index in [1.807, 2.05) is 6.92 Å². The first kappa shape index (κ1) is 10.8. The molecule has 1 aliphatic rings. The zero-order chi connectivity index (χ0) is 10.1. The summed E-state index contributed by atoms with van der Waals surface area (Å²) in [5.74, 6) is -0.893. The van der Waals surface area contributed by atoms with Gasteiger partial charge in [0.2, 0.25) is 0 Å². The van der Waals surface area contributed by atoms with Gasteiger partial charge in [0, 0.05) is 6.04 Å². The number of halogens is 3. The molecule has 3 unspecified atom stereocenters. The first-order valence-corrected chi connectivity index (χ1v) is 4.73. The molecular weight excluding hydrogens is 179 g/mol. The summed E-state index contributed by atoms with van der Waals surface area (Å²) < 4.78 is 37.3. The van der Waals surface area contributed by atoms with Crippen molar-refractivity contribution in [1.29, 1.82) is 0 Å². The van der Waals surface area contributed by atoms with Gasteiger partial charge in [-0.25, -0.2) is 0 Å². The Morgan fingerprint density at radius 2 is 1.62 bits per heavy atom. The summed E-state index contributed by atoms with van der Waals surface area (Å²) in [4.78, 5) is 0. The van der Waals surface area contributed by atoms with Crippen molar-refractivity contribution >= 4 is 0 Å². The van der Waals surface area contributed by atoms with Crippen LogP contribution < -0.4 is 5.73 Å². The molecule has 4 heteroatoms. The lowest BCUT2D eigenvalue weighted by Crippen LogP contribution is -2.38. The van der Waals surface area contributed by atoms with E-state index in [1.165, 1.54) is 0 Å². The molecule has 13 heavy (non-hydrogen) atoms. The van der Waals surface area contributed by atoms with Crippen molar-refractivity contribution in [2.75, 3.05) is 0 Å². The highest BCUT2D eigenvalue weighted by Crippen LogP contribution is 2.37. The summed E-state index contributed by atoms with van der Waals surface area (Å²) in [5, 5.41) is 0. The molecule has 1 rings (SSSR count). The molecule has 0 radical (unpaired) electrons. The predicted octanol–water partition coefficient (Wildman–Crippen LogP) is 2.70. The lowest BCUT2D eigenvalue weighted by Gasteiger charge is -2.23. The number of alkyl halides is 3. The Morgan fingerprint density at radius 1 is 1.08 bits per heavy atom. The van der Waals surface area contributed by atoms with E-state index < -0.39 is 18.1 Å². The molecule has 0 aromatic rings. The average Bonchev–Trinajstić information content (AvgIpc) is 2.12. The van der Waals surface area contributed by atoms with Crippen molar-refractivity contribution < 1.29 is 13.2 Å². The van der Waals surface area contributed by atoms with E-state index in [0.29, 0.717) is 18.8 Å². The van der Waals surface area contributed by atoms with Crippen LogP contribution in [0.2, 0.25) is 0 Å². The molecule has 3 atom stereocenters. The average molecular weight is 195 g/mol. The molecule has 0 heterocycles. The Labute approximate surface area is 76.5 Å². The summed E-state index contributed by atoms with van der Waals surface area (Å²) in [5.41, 5.74) is 5.51. The largest absolute Gasteiger partial charge is 0.393 e. The monoisotopic (exact) mass is 195 g/mol. The molecule has 1 fully saturated rings. The van der Waals surface area contributed by atoms with E-state index in [1.54, 1.807) is 0 Å². The van der Waals surface area contributed by atoms with E-state index in [-0.39, 0.29) is 6.42 Å². The summed E-state index contributed by atoms with van der Waals surface area (Å²) in [6.45, 7) is 1.99. The van der Waals surface area contributed by atoms with Gasteiger partial charge in [0.15, 0.2) is 0 Å². The maximum atomic E-state index is 12.4. The third-order valence-electron chi connectivity index (χ3n) is 2.90. The van der Waals surface area contributed by atoms with E-state index >= 15 is 0 Å². The van der Waals surface area contributed by atoms with Crippen LogP contribution in [0.5, 0.6) is 0 Å². The number of hydrogen-bond donors (Lipinski definition) is 1. The molecule has 0 aliphatic heterocycles. The van der Waals surface area contributed by atoms with Gasteiger partial charge in [-0.2, -0.15) is 13.2 Å². The van der Waals surface area contributed by atoms with Crippen LogP contribution in [-0.4, -0.2) is 12.2 Å². The van der Waals surface area contributed by atoms with Crippen LogP contribution in [0.15, 0.2) is 0 Å². The Hall–Kier alpha value is -0.250. The second-order valence-corrected chi connectivity index (χ2v) is 4.07. The molecule has 1 aliphatic carbocycles. The number of rotatable bonds is 0. The highest BCUT2D eigenvalue weighted by molar-refractivity contribution is 4.83. The van der Waals surface area contributed by atoms with Crippen molar-refractivity contribution in [1.82, 2.24) is 0 Å². The Bertz CT molecular complexity index is 167. The van der Waals surface area contributed by atoms with Gasteiger partial charge in [-0.3, -0.25) is 0 Å². The van der Waals surface area contributed by atoms with Crippen LogP contribution in [0.4, 0.5) is 13.2 Å². The maximum absolute atomic E-state index is 12.4. The molecular formula is C9H16F3N. The first-order valence-electron chi connectivity index (χ1n) is 4.73. The molecule has 0 aromatic heterocycles. The third-order valence-corrected chi connectivity index (χ3v) is 2.90. The van der Waals surface area contributed by atoms with Crippen molar-refractivity contribution in [3.8, 4) is 0 Å². The topological polar surface area (TPSA) is 26.0 Å². The Morgan fingerprint density at radius 3 is 2.15 bits per heavy atom. The zero-order valence-electron chi connectivity index (χ0n) is 7.77. The maximum Gasteiger partial charge on any atom is 0.393 e. The van der Waals surface area contributed by atoms with Gasteiger partial charge in [0.25, 0.3) is 0 Å². The van der Waals surface area contributed by atoms with Crippen molar-refractivity contribution in [2.24, 2.45) is 17.6 Å². The molecule has 78 valence electrons. The van der Waals surface area contributed by atoms with Crippen molar-refractivity contribution in [3.05, 3.63) is 0 Å². The summed E-state index contributed by atoms with van der Waals surface area (Å²) in [6, 6.07) is -0.690. The van der Waals surface area contributed by atoms with Crippen LogP contribution in [0.25, 0.3) is 0 Å². The SMILES string of the molecule is CC1CCC(N)C(C(F)(F)F)CC1. The van der Waals surface area contributed by atoms with Crippen molar-refractivity contribution in [3.63, 3.8) is 0 Å². The van der Waals surface area contributed by atoms with Gasteiger partial charge in [0.1, 0.15) is 0 Å². The molecule has 0 amide bonds. The normalized spacial score (nSPS) is 37.2. The van der Waals surface area contributed by atoms with Gasteiger partial charge in [-0.15, -0.1) is 0 Å². The molecule has 1 nitrogen and oxygen atoms in total. The summed E-state index contributed by atoms with van der Waals surface area (Å²) in [6.07, 6.45) is -1.92. The van der Waals surface area contributed by atoms with E-state index in [9.17, 15) is 13.2 Å². The fourth-order valence-corrected chi connectivity index (χ4v) is 1.91. The number of nitrogens with two attached hydrogens (primary N) is 1. The zero-order valence-corrected chi connectivity index (χ0v) is 7.77. The Kier molecular flexibility index (Phi) is 3.22. The van der Waals surface area contributed by atoms with Gasteiger partial charge in [0.05, 0.1) is 5.92 Å². The molecule has 1 saturated carbocycles.